The highest BCUT2D eigenvalue weighted by atomic mass is 32.2. The Balaban J connectivity index is 1.81. The Hall–Kier alpha value is -4.17. The van der Waals surface area contributed by atoms with Gasteiger partial charge in [0.25, 0.3) is 0 Å². The predicted molar refractivity (Wildman–Crippen MR) is 187 cm³/mol. The van der Waals surface area contributed by atoms with Crippen molar-refractivity contribution in [2.45, 2.75) is 70.2 Å². The first-order valence-corrected chi connectivity index (χ1v) is 17.8. The highest BCUT2D eigenvalue weighted by Gasteiger charge is 2.34. The third-order valence-electron chi connectivity index (χ3n) is 8.09. The maximum Gasteiger partial charge on any atom is 0.243 e. The molecule has 0 aliphatic heterocycles. The van der Waals surface area contributed by atoms with Crippen molar-refractivity contribution in [2.24, 2.45) is 17.0 Å². The fraction of sp³-hybridized carbons (Fsp3) is 0.417. The molecule has 11 nitrogen and oxygen atoms in total. The number of benzene rings is 3. The summed E-state index contributed by atoms with van der Waals surface area (Å²) in [6, 6.07) is 19.2. The number of aliphatic hydroxyl groups is 1. The second-order valence-electron chi connectivity index (χ2n) is 12.6. The van der Waals surface area contributed by atoms with E-state index in [4.69, 9.17) is 5.21 Å². The summed E-state index contributed by atoms with van der Waals surface area (Å²) in [6.07, 6.45) is 0.639. The van der Waals surface area contributed by atoms with Gasteiger partial charge in [0.2, 0.25) is 21.8 Å². The van der Waals surface area contributed by atoms with Crippen LogP contribution in [0.2, 0.25) is 0 Å². The third kappa shape index (κ3) is 12.3. The zero-order valence-electron chi connectivity index (χ0n) is 28.4. The molecule has 0 spiro atoms. The Kier molecular flexibility index (Phi) is 15.3. The number of hydrogen-bond acceptors (Lipinski definition) is 8. The minimum Gasteiger partial charge on any atom is -0.411 e. The number of nitrogens with zero attached hydrogens (tertiary/aromatic N) is 2. The van der Waals surface area contributed by atoms with Crippen molar-refractivity contribution in [3.8, 4) is 0 Å². The van der Waals surface area contributed by atoms with Gasteiger partial charge in [-0.1, -0.05) is 93.9 Å². The molecule has 266 valence electrons. The van der Waals surface area contributed by atoms with Crippen LogP contribution in [0.4, 0.5) is 4.39 Å². The Bertz CT molecular complexity index is 1620. The number of nitrogens with one attached hydrogen (secondary N) is 3. The molecule has 0 aromatic heterocycles. The first-order chi connectivity index (χ1) is 23.3. The molecular formula is C36H48FN5O6S. The molecule has 0 fully saturated rings. The second kappa shape index (κ2) is 19.1. The second-order valence-corrected chi connectivity index (χ2v) is 14.5. The zero-order chi connectivity index (χ0) is 36.0. The van der Waals surface area contributed by atoms with Gasteiger partial charge in [0, 0.05) is 19.6 Å². The Morgan fingerprint density at radius 3 is 2.22 bits per heavy atom. The molecule has 13 heteroatoms. The van der Waals surface area contributed by atoms with Crippen LogP contribution in [0.5, 0.6) is 0 Å². The van der Waals surface area contributed by atoms with Gasteiger partial charge in [-0.25, -0.2) is 12.8 Å². The predicted octanol–water partition coefficient (Wildman–Crippen LogP) is 3.69. The fourth-order valence-electron chi connectivity index (χ4n) is 5.27. The number of aliphatic hydroxyl groups excluding tert-OH is 1. The van der Waals surface area contributed by atoms with E-state index in [2.05, 4.69) is 21.1 Å². The summed E-state index contributed by atoms with van der Waals surface area (Å²) in [6.45, 7) is 7.42. The molecule has 0 aliphatic rings. The molecule has 4 atom stereocenters. The minimum atomic E-state index is -4.07. The van der Waals surface area contributed by atoms with Crippen LogP contribution in [-0.2, 0) is 32.6 Å². The van der Waals surface area contributed by atoms with E-state index < -0.39 is 40.0 Å². The van der Waals surface area contributed by atoms with E-state index in [1.807, 2.05) is 58.0 Å². The van der Waals surface area contributed by atoms with E-state index in [1.54, 1.807) is 12.1 Å². The van der Waals surface area contributed by atoms with E-state index in [1.165, 1.54) is 46.9 Å². The van der Waals surface area contributed by atoms with Gasteiger partial charge in [0.1, 0.15) is 11.9 Å². The van der Waals surface area contributed by atoms with Crippen molar-refractivity contribution in [1.82, 2.24) is 20.3 Å². The quantitative estimate of drug-likeness (QED) is 0.0726. The average Bonchev–Trinajstić information content (AvgIpc) is 3.07. The van der Waals surface area contributed by atoms with Crippen LogP contribution in [0.3, 0.4) is 0 Å². The molecule has 3 aromatic rings. The maximum atomic E-state index is 13.8. The first-order valence-electron chi connectivity index (χ1n) is 16.4. The fourth-order valence-corrected chi connectivity index (χ4v) is 6.89. The largest absolute Gasteiger partial charge is 0.411 e. The van der Waals surface area contributed by atoms with Gasteiger partial charge in [-0.3, -0.25) is 9.59 Å². The van der Waals surface area contributed by atoms with Gasteiger partial charge in [-0.15, -0.1) is 0 Å². The van der Waals surface area contributed by atoms with Crippen LogP contribution in [-0.4, -0.2) is 78.9 Å². The van der Waals surface area contributed by atoms with Crippen molar-refractivity contribution < 1.29 is 32.7 Å². The monoisotopic (exact) mass is 697 g/mol. The number of oxime groups is 1. The zero-order valence-corrected chi connectivity index (χ0v) is 29.2. The van der Waals surface area contributed by atoms with E-state index in [-0.39, 0.29) is 55.1 Å². The maximum absolute atomic E-state index is 13.8. The smallest absolute Gasteiger partial charge is 0.243 e. The lowest BCUT2D eigenvalue weighted by molar-refractivity contribution is -0.131. The van der Waals surface area contributed by atoms with E-state index in [0.29, 0.717) is 17.5 Å². The molecule has 49 heavy (non-hydrogen) atoms. The minimum absolute atomic E-state index is 0.00430. The highest BCUT2D eigenvalue weighted by molar-refractivity contribution is 7.89. The molecule has 3 rings (SSSR count). The lowest BCUT2D eigenvalue weighted by Gasteiger charge is -2.32. The van der Waals surface area contributed by atoms with Crippen LogP contribution in [0, 0.1) is 17.7 Å². The normalized spacial score (nSPS) is 14.4. The summed E-state index contributed by atoms with van der Waals surface area (Å²) >= 11 is 0. The molecule has 0 unspecified atom stereocenters. The number of rotatable bonds is 19. The van der Waals surface area contributed by atoms with Gasteiger partial charge in [0.15, 0.2) is 0 Å². The highest BCUT2D eigenvalue weighted by Crippen LogP contribution is 2.20. The summed E-state index contributed by atoms with van der Waals surface area (Å²) in [7, 11) is -4.07. The Morgan fingerprint density at radius 2 is 1.61 bits per heavy atom. The molecule has 0 saturated carbocycles. The van der Waals surface area contributed by atoms with Crippen molar-refractivity contribution in [3.05, 3.63) is 101 Å². The summed E-state index contributed by atoms with van der Waals surface area (Å²) in [4.78, 5) is 26.8. The molecule has 5 N–H and O–H groups in total. The average molecular weight is 698 g/mol. The van der Waals surface area contributed by atoms with Crippen molar-refractivity contribution in [3.63, 3.8) is 0 Å². The van der Waals surface area contributed by atoms with Crippen molar-refractivity contribution in [1.29, 1.82) is 0 Å². The molecular weight excluding hydrogens is 649 g/mol. The summed E-state index contributed by atoms with van der Waals surface area (Å²) < 4.78 is 42.3. The van der Waals surface area contributed by atoms with Crippen molar-refractivity contribution >= 4 is 28.1 Å². The molecule has 3 aromatic carbocycles. The lowest BCUT2D eigenvalue weighted by Crippen LogP contribution is -2.57. The topological polar surface area (TPSA) is 160 Å². The van der Waals surface area contributed by atoms with Gasteiger partial charge in [-0.05, 0) is 59.2 Å². The van der Waals surface area contributed by atoms with Crippen LogP contribution in [0.15, 0.2) is 88.9 Å². The van der Waals surface area contributed by atoms with Gasteiger partial charge < -0.3 is 26.3 Å². The summed E-state index contributed by atoms with van der Waals surface area (Å²) in [5.41, 5.74) is 1.99. The molecule has 0 aliphatic carbocycles. The molecule has 0 radical (unpaired) electrons. The third-order valence-corrected chi connectivity index (χ3v) is 9.94. The SMILES string of the molecule is CC[C@H](C)[C@H](NC(=O)CNCc1cccc(F)c1)C(=O)N[C@@H](Cc1ccccc1)[C@@H](O)CN(CC(C)C)S(=O)(=O)c1ccc(C=NO)cc1. The molecule has 0 heterocycles. The van der Waals surface area contributed by atoms with Gasteiger partial charge in [0.05, 0.1) is 29.8 Å². The van der Waals surface area contributed by atoms with Crippen LogP contribution < -0.4 is 16.0 Å². The van der Waals surface area contributed by atoms with E-state index >= 15 is 0 Å². The Morgan fingerprint density at radius 1 is 0.939 bits per heavy atom. The molecule has 0 bridgehead atoms. The first kappa shape index (κ1) is 39.3. The van der Waals surface area contributed by atoms with E-state index in [0.717, 1.165) is 5.56 Å². The number of sulfonamides is 1. The lowest BCUT2D eigenvalue weighted by atomic mass is 9.96. The van der Waals surface area contributed by atoms with Crippen LogP contribution in [0.25, 0.3) is 0 Å². The summed E-state index contributed by atoms with van der Waals surface area (Å²) in [5.74, 6) is -1.66. The number of carbonyl (C=O) groups excluding carboxylic acids is 2. The number of hydrogen-bond donors (Lipinski definition) is 5. The standard InChI is InChI=1S/C36H48FN5O6S/c1-5-26(4)35(41-34(44)22-38-20-29-12-9-13-30(37)18-29)36(45)40-32(19-27-10-7-6-8-11-27)33(43)24-42(23-25(2)3)49(47,48)31-16-14-28(15-17-31)21-39-46/h6-18,21,25-26,32-33,35,38,43,46H,5,19-20,22-24H2,1-4H3,(H,40,45)(H,41,44)/t26-,32-,33-,35-/m0/s1. The van der Waals surface area contributed by atoms with Gasteiger partial charge in [-0.2, -0.15) is 4.31 Å². The van der Waals surface area contributed by atoms with Gasteiger partial charge >= 0.3 is 0 Å². The van der Waals surface area contributed by atoms with E-state index in [9.17, 15) is 27.5 Å². The van der Waals surface area contributed by atoms with Crippen molar-refractivity contribution in [2.75, 3.05) is 19.6 Å². The number of amides is 2. The number of halogens is 1. The Labute approximate surface area is 288 Å². The molecule has 2 amide bonds. The van der Waals surface area contributed by atoms with Crippen LogP contribution in [0.1, 0.15) is 50.8 Å². The van der Waals surface area contributed by atoms with Crippen LogP contribution >= 0.6 is 0 Å². The molecule has 0 saturated heterocycles. The number of carbonyl (C=O) groups is 2. The summed E-state index contributed by atoms with van der Waals surface area (Å²) in [5, 5.41) is 32.1.